The van der Waals surface area contributed by atoms with Crippen LogP contribution in [0.2, 0.25) is 0 Å². The van der Waals surface area contributed by atoms with Gasteiger partial charge in [0.15, 0.2) is 23.6 Å². The van der Waals surface area contributed by atoms with Crippen molar-refractivity contribution >= 4 is 46.0 Å². The van der Waals surface area contributed by atoms with E-state index in [1.165, 1.54) is 39.8 Å². The van der Waals surface area contributed by atoms with Gasteiger partial charge >= 0.3 is 34.3 Å². The molecule has 3 aromatic rings. The summed E-state index contributed by atoms with van der Waals surface area (Å²) in [7, 11) is -4.88. The van der Waals surface area contributed by atoms with Gasteiger partial charge in [-0.2, -0.15) is 8.42 Å². The van der Waals surface area contributed by atoms with E-state index in [1.807, 2.05) is 0 Å². The topological polar surface area (TPSA) is 254 Å². The van der Waals surface area contributed by atoms with Crippen molar-refractivity contribution in [1.29, 1.82) is 0 Å². The summed E-state index contributed by atoms with van der Waals surface area (Å²) in [5.74, 6) is -7.65. The predicted octanol–water partition coefficient (Wildman–Crippen LogP) is 3.01. The van der Waals surface area contributed by atoms with Gasteiger partial charge in [0.2, 0.25) is 0 Å². The molecule has 18 nitrogen and oxygen atoms in total. The summed E-state index contributed by atoms with van der Waals surface area (Å²) in [6.07, 6.45) is -13.2. The SMILES string of the molecule is CC(=O)O[C@H]1C(=O)[C@]2(C)[C@@H]3OS(=O)(=O)O[C@@H]3[C@H]3OC[C@@]3(OC(C)=O)[C@H]2[C@H](OC(=O)c2ccccc2)[C@]2(O)C[C@H](OC(=O)[C@H](O)[C@@H](NC(=O)c3ccccc3)c3ccccc3)C(C)=C1C2(C)C. The Kier molecular flexibility index (Phi) is 11.9. The van der Waals surface area contributed by atoms with Gasteiger partial charge in [0.1, 0.15) is 36.1 Å². The van der Waals surface area contributed by atoms with Crippen molar-refractivity contribution < 1.29 is 79.4 Å². The average molecular weight is 932 g/mol. The van der Waals surface area contributed by atoms with E-state index in [-0.39, 0.29) is 22.3 Å². The Morgan fingerprint density at radius 2 is 1.39 bits per heavy atom. The molecule has 2 bridgehead atoms. The number of benzene rings is 3. The summed E-state index contributed by atoms with van der Waals surface area (Å²) in [5, 5.41) is 28.4. The van der Waals surface area contributed by atoms with Gasteiger partial charge in [-0.1, -0.05) is 80.6 Å². The normalized spacial score (nSPS) is 33.4. The first kappa shape index (κ1) is 46.7. The second-order valence-corrected chi connectivity index (χ2v) is 19.2. The zero-order chi connectivity index (χ0) is 47.7. The van der Waals surface area contributed by atoms with E-state index in [1.54, 1.807) is 78.9 Å². The van der Waals surface area contributed by atoms with Crippen LogP contribution in [0.3, 0.4) is 0 Å². The molecule has 0 radical (unpaired) electrons. The molecular formula is C47H49NO17S. The average Bonchev–Trinajstić information content (AvgIpc) is 3.59. The molecule has 1 amide bonds. The van der Waals surface area contributed by atoms with Gasteiger partial charge in [0, 0.05) is 31.2 Å². The van der Waals surface area contributed by atoms with Gasteiger partial charge in [0.25, 0.3) is 5.91 Å². The van der Waals surface area contributed by atoms with Crippen molar-refractivity contribution in [1.82, 2.24) is 5.32 Å². The largest absolute Gasteiger partial charge is 0.456 e. The fraction of sp³-hybridized carbons (Fsp3) is 0.447. The van der Waals surface area contributed by atoms with Crippen LogP contribution in [-0.4, -0.2) is 115 Å². The third kappa shape index (κ3) is 7.50. The highest BCUT2D eigenvalue weighted by atomic mass is 32.3. The molecule has 0 aromatic heterocycles. The number of fused-ring (bicyclic) bond motifs is 8. The number of ketones is 1. The summed E-state index contributed by atoms with van der Waals surface area (Å²) < 4.78 is 67.7. The molecule has 0 spiro atoms. The summed E-state index contributed by atoms with van der Waals surface area (Å²) in [4.78, 5) is 84.5. The van der Waals surface area contributed by atoms with Crippen molar-refractivity contribution in [3.8, 4) is 0 Å². The molecule has 19 heteroatoms. The molecule has 0 unspecified atom stereocenters. The number of Topliss-reactive ketones (excluding diaryl/α,β-unsaturated/α-hetero) is 1. The molecule has 2 heterocycles. The van der Waals surface area contributed by atoms with Crippen LogP contribution >= 0.6 is 0 Å². The molecule has 2 saturated carbocycles. The number of aliphatic hydroxyl groups is 2. The number of aliphatic hydroxyl groups excluding tert-OH is 1. The van der Waals surface area contributed by atoms with Gasteiger partial charge in [-0.25, -0.2) is 18.0 Å². The van der Waals surface area contributed by atoms with Crippen molar-refractivity contribution in [3.05, 3.63) is 119 Å². The summed E-state index contributed by atoms with van der Waals surface area (Å²) in [6.45, 7) is 7.29. The molecule has 2 saturated heterocycles. The van der Waals surface area contributed by atoms with E-state index in [2.05, 4.69) is 5.32 Å². The van der Waals surface area contributed by atoms with E-state index in [0.29, 0.717) is 5.56 Å². The zero-order valence-electron chi connectivity index (χ0n) is 36.7. The number of hydrogen-bond donors (Lipinski definition) is 3. The molecule has 8 rings (SSSR count). The first-order valence-corrected chi connectivity index (χ1v) is 22.5. The summed E-state index contributed by atoms with van der Waals surface area (Å²) in [6, 6.07) is 22.4. The smallest absolute Gasteiger partial charge is 0.400 e. The Morgan fingerprint density at radius 1 is 0.803 bits per heavy atom. The molecule has 12 atom stereocenters. The maximum absolute atomic E-state index is 15.9. The Labute approximate surface area is 379 Å². The van der Waals surface area contributed by atoms with Crippen molar-refractivity contribution in [3.63, 3.8) is 0 Å². The molecule has 350 valence electrons. The lowest BCUT2D eigenvalue weighted by molar-refractivity contribution is -0.357. The van der Waals surface area contributed by atoms with Crippen LogP contribution in [0.4, 0.5) is 0 Å². The second kappa shape index (κ2) is 16.8. The monoisotopic (exact) mass is 931 g/mol. The lowest BCUT2D eigenvalue weighted by Gasteiger charge is -2.67. The van der Waals surface area contributed by atoms with Crippen molar-refractivity contribution in [2.75, 3.05) is 6.61 Å². The van der Waals surface area contributed by atoms with Gasteiger partial charge in [-0.3, -0.25) is 19.2 Å². The first-order valence-electron chi connectivity index (χ1n) is 21.2. The first-order chi connectivity index (χ1) is 31.1. The maximum atomic E-state index is 15.9. The van der Waals surface area contributed by atoms with E-state index < -0.39 is 136 Å². The lowest BCUT2D eigenvalue weighted by atomic mass is 9.44. The van der Waals surface area contributed by atoms with Gasteiger partial charge in [-0.15, -0.1) is 0 Å². The second-order valence-electron chi connectivity index (χ2n) is 18.0. The molecule has 4 fully saturated rings. The standard InChI is InChI=1S/C47H49NO17S/c1-24-30(61-43(55)33(51)32(27-16-10-7-11-17-27)48-41(53)28-18-12-8-13-19-28)22-47(56)40(62-42(54)29-20-14-9-15-21-29)36-45(6,37(52)34(60-25(2)49)31(24)44(47,4)5)38-35(64-66(57,58)65-38)39-46(36,23-59-39)63-26(3)50/h7-21,30,32-36,38-40,51,56H,22-23H2,1-6H3,(H,48,53)/t30-,32-,33+,34+,35-,36-,38+,39+,40-,45+,46+,47+/m0/s1. The van der Waals surface area contributed by atoms with Crippen LogP contribution in [0, 0.1) is 16.7 Å². The Bertz CT molecular complexity index is 2600. The highest BCUT2D eigenvalue weighted by Gasteiger charge is 2.83. The maximum Gasteiger partial charge on any atom is 0.400 e. The van der Waals surface area contributed by atoms with Crippen LogP contribution in [0.1, 0.15) is 80.3 Å². The number of rotatable bonds is 10. The van der Waals surface area contributed by atoms with Crippen LogP contribution < -0.4 is 5.32 Å². The predicted molar refractivity (Wildman–Crippen MR) is 226 cm³/mol. The number of ether oxygens (including phenoxy) is 5. The number of nitrogens with one attached hydrogen (secondary N) is 1. The number of esters is 4. The molecule has 3 aromatic carbocycles. The highest BCUT2D eigenvalue weighted by molar-refractivity contribution is 7.82. The minimum absolute atomic E-state index is 0.00944. The van der Waals surface area contributed by atoms with Crippen LogP contribution in [0.25, 0.3) is 0 Å². The van der Waals surface area contributed by atoms with Crippen LogP contribution in [0.5, 0.6) is 0 Å². The van der Waals surface area contributed by atoms with E-state index in [9.17, 15) is 42.6 Å². The van der Waals surface area contributed by atoms with Crippen molar-refractivity contribution in [2.24, 2.45) is 16.7 Å². The van der Waals surface area contributed by atoms with Crippen LogP contribution in [0.15, 0.2) is 102 Å². The van der Waals surface area contributed by atoms with Gasteiger partial charge in [0.05, 0.1) is 29.5 Å². The van der Waals surface area contributed by atoms with E-state index in [4.69, 9.17) is 32.1 Å². The molecular weight excluding hydrogens is 883 g/mol. The van der Waals surface area contributed by atoms with E-state index >= 15 is 4.79 Å². The van der Waals surface area contributed by atoms with Crippen LogP contribution in [-0.2, 0) is 61.6 Å². The quantitative estimate of drug-likeness (QED) is 0.150. The highest BCUT2D eigenvalue weighted by Crippen LogP contribution is 2.66. The fourth-order valence-corrected chi connectivity index (χ4v) is 11.9. The molecule has 3 aliphatic carbocycles. The molecule has 5 aliphatic rings. The Balaban J connectivity index is 1.31. The minimum atomic E-state index is -4.88. The molecule has 2 aliphatic heterocycles. The third-order valence-corrected chi connectivity index (χ3v) is 14.8. The fourth-order valence-electron chi connectivity index (χ4n) is 10.8. The van der Waals surface area contributed by atoms with Crippen molar-refractivity contribution in [2.45, 2.75) is 108 Å². The number of amides is 1. The number of carbonyl (C=O) groups excluding carboxylic acids is 6. The third-order valence-electron chi connectivity index (χ3n) is 13.9. The summed E-state index contributed by atoms with van der Waals surface area (Å²) in [5.41, 5.74) is -8.25. The Hall–Kier alpha value is -5.83. The Morgan fingerprint density at radius 3 is 1.95 bits per heavy atom. The zero-order valence-corrected chi connectivity index (χ0v) is 37.5. The lowest BCUT2D eigenvalue weighted by Crippen LogP contribution is -2.84. The van der Waals surface area contributed by atoms with E-state index in [0.717, 1.165) is 13.8 Å². The summed E-state index contributed by atoms with van der Waals surface area (Å²) >= 11 is 0. The van der Waals surface area contributed by atoms with Gasteiger partial charge < -0.3 is 39.2 Å². The number of hydrogen-bond acceptors (Lipinski definition) is 17. The number of carbonyl (C=O) groups is 6. The minimum Gasteiger partial charge on any atom is -0.456 e. The molecule has 66 heavy (non-hydrogen) atoms. The molecule has 3 N–H and O–H groups in total. The van der Waals surface area contributed by atoms with Gasteiger partial charge in [-0.05, 0) is 54.8 Å².